The first-order chi connectivity index (χ1) is 3.12. The summed E-state index contributed by atoms with van der Waals surface area (Å²) in [6.45, 7) is 4.60. The summed E-state index contributed by atoms with van der Waals surface area (Å²) in [6, 6.07) is 0. The van der Waals surface area contributed by atoms with Crippen molar-refractivity contribution in [3.05, 3.63) is 0 Å². The molecular formula is C5H14B2. The molecule has 0 saturated heterocycles. The van der Waals surface area contributed by atoms with Crippen LogP contribution in [0.4, 0.5) is 0 Å². The van der Waals surface area contributed by atoms with Crippen LogP contribution in [0.3, 0.4) is 0 Å². The lowest BCUT2D eigenvalue weighted by atomic mass is 9.71. The zero-order valence-electron chi connectivity index (χ0n) is 5.91. The average Bonchev–Trinajstić information content (AvgIpc) is 1.68. The molecule has 40 valence electrons. The van der Waals surface area contributed by atoms with Crippen molar-refractivity contribution in [2.45, 2.75) is 26.5 Å². The maximum absolute atomic E-state index is 2.30. The fourth-order valence-corrected chi connectivity index (χ4v) is 0.250. The standard InChI is InChI=1S/C5H14B2/c1-5(2,3-6)4-7/h3-4,6-7H2,1-2H3. The fraction of sp³-hybridized carbons (Fsp3) is 1.00. The summed E-state index contributed by atoms with van der Waals surface area (Å²) < 4.78 is 0. The predicted molar refractivity (Wildman–Crippen MR) is 40.5 cm³/mol. The van der Waals surface area contributed by atoms with Crippen LogP contribution in [0, 0.1) is 5.41 Å². The van der Waals surface area contributed by atoms with Crippen LogP contribution in [-0.2, 0) is 0 Å². The van der Waals surface area contributed by atoms with Crippen LogP contribution in [0.15, 0.2) is 0 Å². The molecule has 0 unspecified atom stereocenters. The minimum Gasteiger partial charge on any atom is -0.0767 e. The van der Waals surface area contributed by atoms with Crippen molar-refractivity contribution < 1.29 is 0 Å². The topological polar surface area (TPSA) is 0 Å². The van der Waals surface area contributed by atoms with Gasteiger partial charge in [0, 0.05) is 0 Å². The van der Waals surface area contributed by atoms with Gasteiger partial charge in [-0.2, -0.15) is 0 Å². The van der Waals surface area contributed by atoms with Crippen LogP contribution >= 0.6 is 0 Å². The summed E-state index contributed by atoms with van der Waals surface area (Å²) in [5.74, 6) is 0. The zero-order chi connectivity index (χ0) is 5.91. The van der Waals surface area contributed by atoms with Crippen molar-refractivity contribution in [1.29, 1.82) is 0 Å². The maximum atomic E-state index is 2.30. The summed E-state index contributed by atoms with van der Waals surface area (Å²) >= 11 is 0. The molecule has 7 heavy (non-hydrogen) atoms. The Balaban J connectivity index is 3.36. The second kappa shape index (κ2) is 2.44. The van der Waals surface area contributed by atoms with Crippen LogP contribution in [0.25, 0.3) is 0 Å². The van der Waals surface area contributed by atoms with Crippen LogP contribution in [0.1, 0.15) is 13.8 Å². The summed E-state index contributed by atoms with van der Waals surface area (Å²) in [5.41, 5.74) is 0.583. The Hall–Kier alpha value is 0.130. The van der Waals surface area contributed by atoms with Gasteiger partial charge in [-0.05, 0) is 5.41 Å². The first-order valence-corrected chi connectivity index (χ1v) is 3.12. The summed E-state index contributed by atoms with van der Waals surface area (Å²) in [5, 5.41) is 0. The fourth-order valence-electron chi connectivity index (χ4n) is 0.250. The van der Waals surface area contributed by atoms with E-state index in [1.54, 1.807) is 0 Å². The Morgan fingerprint density at radius 1 is 1.14 bits per heavy atom. The predicted octanol–water partition coefficient (Wildman–Crippen LogP) is 0.115. The SMILES string of the molecule is BCC(C)(C)CB. The van der Waals surface area contributed by atoms with Crippen molar-refractivity contribution >= 4 is 15.7 Å². The Kier molecular flexibility index (Phi) is 2.49. The highest BCUT2D eigenvalue weighted by Gasteiger charge is 2.09. The van der Waals surface area contributed by atoms with Gasteiger partial charge < -0.3 is 0 Å². The molecule has 0 aliphatic heterocycles. The zero-order valence-corrected chi connectivity index (χ0v) is 5.91. The first-order valence-electron chi connectivity index (χ1n) is 3.12. The third-order valence-electron chi connectivity index (χ3n) is 1.91. The highest BCUT2D eigenvalue weighted by molar-refractivity contribution is 6.12. The van der Waals surface area contributed by atoms with E-state index in [2.05, 4.69) is 29.5 Å². The van der Waals surface area contributed by atoms with E-state index in [0.717, 1.165) is 0 Å². The third-order valence-corrected chi connectivity index (χ3v) is 1.91. The van der Waals surface area contributed by atoms with Gasteiger partial charge in [-0.25, -0.2) is 0 Å². The van der Waals surface area contributed by atoms with Crippen LogP contribution < -0.4 is 0 Å². The Morgan fingerprint density at radius 2 is 1.43 bits per heavy atom. The van der Waals surface area contributed by atoms with Crippen molar-refractivity contribution in [2.24, 2.45) is 5.41 Å². The van der Waals surface area contributed by atoms with E-state index >= 15 is 0 Å². The molecule has 0 radical (unpaired) electrons. The van der Waals surface area contributed by atoms with Gasteiger partial charge >= 0.3 is 0 Å². The molecule has 0 N–H and O–H groups in total. The smallest absolute Gasteiger partial charge is 0.0767 e. The molecule has 0 fully saturated rings. The first kappa shape index (κ1) is 7.13. The van der Waals surface area contributed by atoms with Crippen molar-refractivity contribution in [2.75, 3.05) is 0 Å². The molecule has 0 aromatic rings. The van der Waals surface area contributed by atoms with E-state index < -0.39 is 0 Å². The molecule has 0 aliphatic carbocycles. The monoisotopic (exact) mass is 96.1 g/mol. The third kappa shape index (κ3) is 2.78. The number of hydrogen-bond acceptors (Lipinski definition) is 0. The molecular weight excluding hydrogens is 81.7 g/mol. The Morgan fingerprint density at radius 3 is 1.43 bits per heavy atom. The average molecular weight is 95.8 g/mol. The molecule has 2 heteroatoms. The van der Waals surface area contributed by atoms with Gasteiger partial charge in [-0.1, -0.05) is 26.5 Å². The quantitative estimate of drug-likeness (QED) is 0.428. The van der Waals surface area contributed by atoms with Gasteiger partial charge in [0.05, 0.1) is 0 Å². The molecule has 0 nitrogen and oxygen atoms in total. The van der Waals surface area contributed by atoms with Gasteiger partial charge in [0.1, 0.15) is 15.7 Å². The Bertz CT molecular complexity index is 44.0. The second-order valence-electron chi connectivity index (χ2n) is 2.87. The van der Waals surface area contributed by atoms with Crippen LogP contribution in [0.2, 0.25) is 12.6 Å². The van der Waals surface area contributed by atoms with E-state index in [0.29, 0.717) is 5.41 Å². The van der Waals surface area contributed by atoms with E-state index in [1.807, 2.05) is 0 Å². The molecule has 0 atom stereocenters. The second-order valence-corrected chi connectivity index (χ2v) is 2.87. The molecule has 0 rings (SSSR count). The minimum absolute atomic E-state index is 0.583. The molecule has 0 bridgehead atoms. The highest BCUT2D eigenvalue weighted by Crippen LogP contribution is 2.21. The lowest BCUT2D eigenvalue weighted by molar-refractivity contribution is 0.469. The highest BCUT2D eigenvalue weighted by atomic mass is 14.1. The maximum Gasteiger partial charge on any atom is 0.102 e. The van der Waals surface area contributed by atoms with Gasteiger partial charge in [0.15, 0.2) is 0 Å². The van der Waals surface area contributed by atoms with Gasteiger partial charge in [0.2, 0.25) is 0 Å². The molecule has 0 aromatic heterocycles. The van der Waals surface area contributed by atoms with E-state index in [1.165, 1.54) is 12.6 Å². The lowest BCUT2D eigenvalue weighted by Gasteiger charge is -2.19. The van der Waals surface area contributed by atoms with E-state index in [-0.39, 0.29) is 0 Å². The number of rotatable bonds is 2. The lowest BCUT2D eigenvalue weighted by Crippen LogP contribution is -2.08. The molecule has 0 amide bonds. The molecule has 0 spiro atoms. The van der Waals surface area contributed by atoms with Crippen molar-refractivity contribution in [1.82, 2.24) is 0 Å². The summed E-state index contributed by atoms with van der Waals surface area (Å²) in [6.07, 6.45) is 2.59. The van der Waals surface area contributed by atoms with Crippen molar-refractivity contribution in [3.8, 4) is 0 Å². The normalized spacial score (nSPS) is 11.7. The van der Waals surface area contributed by atoms with Crippen LogP contribution in [-0.4, -0.2) is 15.7 Å². The molecule has 0 heterocycles. The van der Waals surface area contributed by atoms with Gasteiger partial charge in [0.25, 0.3) is 0 Å². The van der Waals surface area contributed by atoms with Crippen molar-refractivity contribution in [3.63, 3.8) is 0 Å². The Labute approximate surface area is 48.5 Å². The van der Waals surface area contributed by atoms with Gasteiger partial charge in [-0.15, -0.1) is 0 Å². The molecule has 0 aromatic carbocycles. The van der Waals surface area contributed by atoms with E-state index in [9.17, 15) is 0 Å². The number of hydrogen-bond donors (Lipinski definition) is 0. The van der Waals surface area contributed by atoms with Crippen LogP contribution in [0.5, 0.6) is 0 Å². The molecule has 0 saturated carbocycles. The largest absolute Gasteiger partial charge is 0.102 e. The summed E-state index contributed by atoms with van der Waals surface area (Å²) in [4.78, 5) is 0. The summed E-state index contributed by atoms with van der Waals surface area (Å²) in [7, 11) is 4.48. The molecule has 0 aliphatic rings. The minimum atomic E-state index is 0.583. The van der Waals surface area contributed by atoms with Gasteiger partial charge in [-0.3, -0.25) is 0 Å². The van der Waals surface area contributed by atoms with E-state index in [4.69, 9.17) is 0 Å².